The Morgan fingerprint density at radius 3 is 2.58 bits per heavy atom. The molecule has 38 heavy (non-hydrogen) atoms. The van der Waals surface area contributed by atoms with Crippen molar-refractivity contribution in [1.82, 2.24) is 14.9 Å². The lowest BCUT2D eigenvalue weighted by atomic mass is 9.86. The number of piperidine rings is 1. The molecular weight excluding hydrogens is 489 g/mol. The normalized spacial score (nSPS) is 24.7. The molecule has 0 unspecified atom stereocenters. The quantitative estimate of drug-likeness (QED) is 0.484. The minimum atomic E-state index is -0.835. The Labute approximate surface area is 223 Å². The fraction of sp³-hybridized carbons (Fsp3) is 0.607. The van der Waals surface area contributed by atoms with E-state index in [1.165, 1.54) is 11.0 Å². The van der Waals surface area contributed by atoms with E-state index in [1.54, 1.807) is 26.2 Å². The van der Waals surface area contributed by atoms with Gasteiger partial charge >= 0.3 is 0 Å². The van der Waals surface area contributed by atoms with Crippen LogP contribution in [0.25, 0.3) is 0 Å². The number of hydrogen-bond donors (Lipinski definition) is 2. The van der Waals surface area contributed by atoms with Crippen molar-refractivity contribution in [3.05, 3.63) is 47.5 Å². The molecule has 3 fully saturated rings. The molecule has 2 atom stereocenters. The number of benzene rings is 1. The first-order valence-electron chi connectivity index (χ1n) is 13.4. The molecule has 2 aromatic rings. The van der Waals surface area contributed by atoms with E-state index >= 15 is 0 Å². The van der Waals surface area contributed by atoms with Gasteiger partial charge < -0.3 is 30.1 Å². The zero-order valence-electron chi connectivity index (χ0n) is 22.2. The van der Waals surface area contributed by atoms with Crippen LogP contribution in [0.5, 0.6) is 5.75 Å². The molecule has 3 N–H and O–H groups in total. The van der Waals surface area contributed by atoms with Gasteiger partial charge in [0.25, 0.3) is 0 Å². The Bertz CT molecular complexity index is 1130. The third-order valence-electron chi connectivity index (χ3n) is 8.26. The fourth-order valence-corrected chi connectivity index (χ4v) is 5.92. The van der Waals surface area contributed by atoms with Crippen molar-refractivity contribution in [2.75, 3.05) is 44.8 Å². The smallest absolute Gasteiger partial charge is 0.227 e. The maximum atomic E-state index is 14.6. The minimum absolute atomic E-state index is 0.0238. The zero-order chi connectivity index (χ0) is 26.9. The molecule has 206 valence electrons. The summed E-state index contributed by atoms with van der Waals surface area (Å²) in [5.74, 6) is 1.44. The standard InChI is InChI=1S/C28H38FN5O4/c1-27(36)17-34(18-27)25(35)11-20-3-4-23(12-24(20)29)38-10-7-22-13-28(22,30)21-5-8-33(9-6-21)26-31-14-19(15-32-26)16-37-2/h3-4,12,14-15,21-22,36H,5-11,13,16-18,30H2,1-2H3/t22-,28+/m1/s1. The van der Waals surface area contributed by atoms with Gasteiger partial charge in [0.15, 0.2) is 0 Å². The highest BCUT2D eigenvalue weighted by molar-refractivity contribution is 5.80. The summed E-state index contributed by atoms with van der Waals surface area (Å²) in [6.45, 7) is 5.02. The third-order valence-corrected chi connectivity index (χ3v) is 8.26. The SMILES string of the molecule is COCc1cnc(N2CCC([C@@]3(N)C[C@H]3CCOc3ccc(CC(=O)N4CC(C)(O)C4)c(F)c3)CC2)nc1. The van der Waals surface area contributed by atoms with Gasteiger partial charge in [0.05, 0.1) is 38.3 Å². The average molecular weight is 528 g/mol. The molecule has 3 heterocycles. The largest absolute Gasteiger partial charge is 0.493 e. The molecule has 3 aliphatic rings. The lowest BCUT2D eigenvalue weighted by Gasteiger charge is -2.44. The molecule has 2 saturated heterocycles. The number of carbonyl (C=O) groups is 1. The van der Waals surface area contributed by atoms with Crippen molar-refractivity contribution in [1.29, 1.82) is 0 Å². The second-order valence-electron chi connectivity index (χ2n) is 11.4. The number of likely N-dealkylation sites (tertiary alicyclic amines) is 1. The van der Waals surface area contributed by atoms with Crippen molar-refractivity contribution < 1.29 is 23.8 Å². The van der Waals surface area contributed by atoms with Crippen LogP contribution in [0, 0.1) is 17.7 Å². The molecule has 9 nitrogen and oxygen atoms in total. The first kappa shape index (κ1) is 26.8. The molecule has 0 spiro atoms. The van der Waals surface area contributed by atoms with Crippen molar-refractivity contribution in [2.24, 2.45) is 17.6 Å². The number of carbonyl (C=O) groups excluding carboxylic acids is 1. The molecule has 2 aliphatic heterocycles. The van der Waals surface area contributed by atoms with Gasteiger partial charge in [0.1, 0.15) is 11.6 Å². The second-order valence-corrected chi connectivity index (χ2v) is 11.4. The maximum Gasteiger partial charge on any atom is 0.227 e. The lowest BCUT2D eigenvalue weighted by molar-refractivity contribution is -0.151. The van der Waals surface area contributed by atoms with E-state index < -0.39 is 11.4 Å². The van der Waals surface area contributed by atoms with Gasteiger partial charge in [-0.15, -0.1) is 0 Å². The molecule has 5 rings (SSSR count). The van der Waals surface area contributed by atoms with E-state index in [-0.39, 0.29) is 31.0 Å². The van der Waals surface area contributed by atoms with Crippen LogP contribution < -0.4 is 15.4 Å². The first-order valence-corrected chi connectivity index (χ1v) is 13.4. The van der Waals surface area contributed by atoms with Crippen LogP contribution in [0.2, 0.25) is 0 Å². The zero-order valence-corrected chi connectivity index (χ0v) is 22.2. The Morgan fingerprint density at radius 2 is 1.95 bits per heavy atom. The Morgan fingerprint density at radius 1 is 1.24 bits per heavy atom. The van der Waals surface area contributed by atoms with E-state index in [9.17, 15) is 14.3 Å². The van der Waals surface area contributed by atoms with Gasteiger partial charge in [-0.05, 0) is 56.1 Å². The average Bonchev–Trinajstić information content (AvgIpc) is 3.55. The number of β-amino-alcohol motifs (C(OH)–C–C–N with tert-alkyl or cyclic N) is 1. The number of amides is 1. The topological polar surface area (TPSA) is 114 Å². The van der Waals surface area contributed by atoms with Crippen LogP contribution in [-0.4, -0.2) is 76.9 Å². The molecule has 1 aromatic carbocycles. The number of anilines is 1. The van der Waals surface area contributed by atoms with Crippen molar-refractivity contribution in [3.8, 4) is 5.75 Å². The van der Waals surface area contributed by atoms with E-state index in [4.69, 9.17) is 15.2 Å². The van der Waals surface area contributed by atoms with E-state index in [1.807, 2.05) is 12.4 Å². The third kappa shape index (κ3) is 5.92. The second kappa shape index (κ2) is 10.7. The number of halogens is 1. The van der Waals surface area contributed by atoms with Gasteiger partial charge in [-0.3, -0.25) is 4.79 Å². The number of rotatable bonds is 10. The highest BCUT2D eigenvalue weighted by Crippen LogP contribution is 2.52. The van der Waals surface area contributed by atoms with Gasteiger partial charge in [0, 0.05) is 49.8 Å². The highest BCUT2D eigenvalue weighted by atomic mass is 19.1. The molecule has 10 heteroatoms. The highest BCUT2D eigenvalue weighted by Gasteiger charge is 2.55. The summed E-state index contributed by atoms with van der Waals surface area (Å²) in [6, 6.07) is 4.66. The van der Waals surface area contributed by atoms with Crippen LogP contribution in [0.15, 0.2) is 30.6 Å². The Kier molecular flexibility index (Phi) is 7.57. The van der Waals surface area contributed by atoms with Gasteiger partial charge in [-0.25, -0.2) is 14.4 Å². The molecule has 1 saturated carbocycles. The number of aromatic nitrogens is 2. The van der Waals surface area contributed by atoms with E-state index in [2.05, 4.69) is 14.9 Å². The Balaban J connectivity index is 1.04. The molecular formula is C28H38FN5O4. The van der Waals surface area contributed by atoms with Crippen LogP contribution in [0.1, 0.15) is 43.7 Å². The summed E-state index contributed by atoms with van der Waals surface area (Å²) < 4.78 is 25.5. The van der Waals surface area contributed by atoms with Crippen LogP contribution in [-0.2, 0) is 22.6 Å². The molecule has 0 radical (unpaired) electrons. The number of nitrogens with zero attached hydrogens (tertiary/aromatic N) is 4. The predicted molar refractivity (Wildman–Crippen MR) is 140 cm³/mol. The van der Waals surface area contributed by atoms with E-state index in [0.29, 0.717) is 36.4 Å². The Hall–Kier alpha value is -2.82. The summed E-state index contributed by atoms with van der Waals surface area (Å²) in [5, 5.41) is 9.79. The number of methoxy groups -OCH3 is 1. The van der Waals surface area contributed by atoms with Gasteiger partial charge in [-0.2, -0.15) is 0 Å². The number of aliphatic hydroxyl groups is 1. The summed E-state index contributed by atoms with van der Waals surface area (Å²) in [7, 11) is 1.66. The van der Waals surface area contributed by atoms with Crippen LogP contribution >= 0.6 is 0 Å². The number of hydrogen-bond acceptors (Lipinski definition) is 8. The summed E-state index contributed by atoms with van der Waals surface area (Å²) in [4.78, 5) is 25.0. The number of nitrogens with two attached hydrogens (primary N) is 1. The fourth-order valence-electron chi connectivity index (χ4n) is 5.92. The lowest BCUT2D eigenvalue weighted by Crippen LogP contribution is -2.62. The molecule has 0 bridgehead atoms. The molecule has 1 aliphatic carbocycles. The van der Waals surface area contributed by atoms with Crippen molar-refractivity contribution >= 4 is 11.9 Å². The predicted octanol–water partition coefficient (Wildman–Crippen LogP) is 2.30. The van der Waals surface area contributed by atoms with Gasteiger partial charge in [-0.1, -0.05) is 6.07 Å². The van der Waals surface area contributed by atoms with E-state index in [0.717, 1.165) is 50.3 Å². The maximum absolute atomic E-state index is 14.6. The summed E-state index contributed by atoms with van der Waals surface area (Å²) in [5.41, 5.74) is 7.10. The molecule has 1 aromatic heterocycles. The van der Waals surface area contributed by atoms with Gasteiger partial charge in [0.2, 0.25) is 11.9 Å². The minimum Gasteiger partial charge on any atom is -0.493 e. The van der Waals surface area contributed by atoms with Crippen molar-refractivity contribution in [3.63, 3.8) is 0 Å². The molecule has 1 amide bonds. The summed E-state index contributed by atoms with van der Waals surface area (Å²) in [6.07, 6.45) is 7.45. The first-order chi connectivity index (χ1) is 18.2. The van der Waals surface area contributed by atoms with Crippen molar-refractivity contribution in [2.45, 2.75) is 56.8 Å². The summed E-state index contributed by atoms with van der Waals surface area (Å²) >= 11 is 0. The van der Waals surface area contributed by atoms with Crippen LogP contribution in [0.3, 0.4) is 0 Å². The number of ether oxygens (including phenoxy) is 2. The van der Waals surface area contributed by atoms with Crippen LogP contribution in [0.4, 0.5) is 10.3 Å². The monoisotopic (exact) mass is 527 g/mol.